The van der Waals surface area contributed by atoms with Gasteiger partial charge in [0.25, 0.3) is 0 Å². The maximum Gasteiger partial charge on any atom is 0.201 e. The Labute approximate surface area is 217 Å². The van der Waals surface area contributed by atoms with Crippen LogP contribution in [0, 0.1) is 17.5 Å². The first-order valence-corrected chi connectivity index (χ1v) is 13.3. The lowest BCUT2D eigenvalue weighted by atomic mass is 9.95. The molecule has 0 amide bonds. The fourth-order valence-corrected chi connectivity index (χ4v) is 4.52. The van der Waals surface area contributed by atoms with Crippen molar-refractivity contribution in [1.29, 1.82) is 0 Å². The van der Waals surface area contributed by atoms with Gasteiger partial charge >= 0.3 is 0 Å². The van der Waals surface area contributed by atoms with Gasteiger partial charge in [-0.25, -0.2) is 8.78 Å². The zero-order valence-electron chi connectivity index (χ0n) is 21.6. The Morgan fingerprint density at radius 2 is 1.43 bits per heavy atom. The molecule has 4 rings (SSSR count). The van der Waals surface area contributed by atoms with Gasteiger partial charge in [0, 0.05) is 11.5 Å². The second-order valence-corrected chi connectivity index (χ2v) is 9.54. The Kier molecular flexibility index (Phi) is 9.64. The highest BCUT2D eigenvalue weighted by molar-refractivity contribution is 5.71. The van der Waals surface area contributed by atoms with Crippen LogP contribution in [0.5, 0.6) is 5.75 Å². The summed E-state index contributed by atoms with van der Waals surface area (Å²) in [6.07, 6.45) is 5.70. The maximum absolute atomic E-state index is 15.0. The van der Waals surface area contributed by atoms with Gasteiger partial charge in [0.2, 0.25) is 5.82 Å². The van der Waals surface area contributed by atoms with Crippen LogP contribution < -0.4 is 4.74 Å². The summed E-state index contributed by atoms with van der Waals surface area (Å²) in [5.74, 6) is -2.47. The zero-order chi connectivity index (χ0) is 26.2. The summed E-state index contributed by atoms with van der Waals surface area (Å²) in [6, 6.07) is 15.1. The monoisotopic (exact) mass is 512 g/mol. The first kappa shape index (κ1) is 27.2. The molecule has 198 valence electrons. The second-order valence-electron chi connectivity index (χ2n) is 9.54. The van der Waals surface area contributed by atoms with Crippen LogP contribution in [0.4, 0.5) is 13.2 Å². The predicted octanol–water partition coefficient (Wildman–Crippen LogP) is 8.65. The summed E-state index contributed by atoms with van der Waals surface area (Å²) in [6.45, 7) is 5.37. The van der Waals surface area contributed by atoms with E-state index in [9.17, 15) is 8.78 Å². The Morgan fingerprint density at radius 1 is 0.757 bits per heavy atom. The zero-order valence-corrected chi connectivity index (χ0v) is 21.6. The first-order valence-electron chi connectivity index (χ1n) is 13.3. The smallest absolute Gasteiger partial charge is 0.201 e. The molecule has 37 heavy (non-hydrogen) atoms. The van der Waals surface area contributed by atoms with Gasteiger partial charge in [0.05, 0.1) is 19.8 Å². The first-order chi connectivity index (χ1) is 18.0. The molecule has 0 radical (unpaired) electrons. The fourth-order valence-electron chi connectivity index (χ4n) is 4.52. The molecule has 3 aromatic rings. The molecule has 1 aliphatic rings. The van der Waals surface area contributed by atoms with Gasteiger partial charge in [-0.2, -0.15) is 4.39 Å². The number of ether oxygens (including phenoxy) is 3. The van der Waals surface area contributed by atoms with Crippen LogP contribution in [0.25, 0.3) is 22.3 Å². The quantitative estimate of drug-likeness (QED) is 0.241. The van der Waals surface area contributed by atoms with Crippen molar-refractivity contribution in [2.75, 3.05) is 19.8 Å². The summed E-state index contributed by atoms with van der Waals surface area (Å²) in [4.78, 5) is 0. The van der Waals surface area contributed by atoms with Crippen molar-refractivity contribution < 1.29 is 27.4 Å². The van der Waals surface area contributed by atoms with Gasteiger partial charge in [0.1, 0.15) is 5.82 Å². The molecule has 3 aromatic carbocycles. The van der Waals surface area contributed by atoms with Gasteiger partial charge in [-0.05, 0) is 59.7 Å². The van der Waals surface area contributed by atoms with Crippen LogP contribution in [0.1, 0.15) is 63.9 Å². The molecule has 1 saturated heterocycles. The van der Waals surface area contributed by atoms with E-state index in [1.807, 2.05) is 13.0 Å². The van der Waals surface area contributed by atoms with Crippen molar-refractivity contribution in [3.05, 3.63) is 77.6 Å². The van der Waals surface area contributed by atoms with E-state index in [0.717, 1.165) is 44.1 Å². The van der Waals surface area contributed by atoms with E-state index in [1.54, 1.807) is 30.3 Å². The van der Waals surface area contributed by atoms with Crippen molar-refractivity contribution in [2.24, 2.45) is 0 Å². The molecule has 1 heterocycles. The molecular weight excluding hydrogens is 477 g/mol. The second kappa shape index (κ2) is 13.1. The molecule has 0 aliphatic carbocycles. The molecule has 0 unspecified atom stereocenters. The molecular formula is C31H35F3O3. The number of hydrogen-bond acceptors (Lipinski definition) is 3. The molecule has 0 atom stereocenters. The summed E-state index contributed by atoms with van der Waals surface area (Å²) in [5.41, 5.74) is 2.74. The van der Waals surface area contributed by atoms with Gasteiger partial charge in [-0.3, -0.25) is 0 Å². The maximum atomic E-state index is 15.0. The lowest BCUT2D eigenvalue weighted by Crippen LogP contribution is -2.31. The SMILES string of the molecule is CCCCCC1OCC(c2ccc(-c3ccc(-c4ccc(OCCCC)c(F)c4F)cc3)cc2F)CO1. The van der Waals surface area contributed by atoms with E-state index in [-0.39, 0.29) is 29.3 Å². The lowest BCUT2D eigenvalue weighted by Gasteiger charge is -2.30. The van der Waals surface area contributed by atoms with Crippen LogP contribution in [0.3, 0.4) is 0 Å². The molecule has 3 nitrogen and oxygen atoms in total. The van der Waals surface area contributed by atoms with E-state index in [2.05, 4.69) is 6.92 Å². The van der Waals surface area contributed by atoms with E-state index >= 15 is 4.39 Å². The molecule has 0 N–H and O–H groups in total. The Balaban J connectivity index is 1.42. The predicted molar refractivity (Wildman–Crippen MR) is 140 cm³/mol. The number of unbranched alkanes of at least 4 members (excludes halogenated alkanes) is 3. The third-order valence-electron chi connectivity index (χ3n) is 6.78. The largest absolute Gasteiger partial charge is 0.490 e. The fraction of sp³-hybridized carbons (Fsp3) is 0.419. The van der Waals surface area contributed by atoms with Gasteiger partial charge in [-0.15, -0.1) is 0 Å². The van der Waals surface area contributed by atoms with Crippen molar-refractivity contribution in [2.45, 2.75) is 64.6 Å². The molecule has 0 saturated carbocycles. The normalized spacial score (nSPS) is 17.6. The minimum atomic E-state index is -0.988. The number of hydrogen-bond donors (Lipinski definition) is 0. The van der Waals surface area contributed by atoms with Crippen LogP contribution >= 0.6 is 0 Å². The highest BCUT2D eigenvalue weighted by atomic mass is 19.2. The van der Waals surface area contributed by atoms with Crippen LogP contribution in [0.2, 0.25) is 0 Å². The van der Waals surface area contributed by atoms with Crippen molar-refractivity contribution in [3.8, 4) is 28.0 Å². The van der Waals surface area contributed by atoms with Crippen molar-refractivity contribution in [3.63, 3.8) is 0 Å². The van der Waals surface area contributed by atoms with Crippen LogP contribution in [-0.4, -0.2) is 26.1 Å². The van der Waals surface area contributed by atoms with Crippen molar-refractivity contribution >= 4 is 0 Å². The summed E-state index contributed by atoms with van der Waals surface area (Å²) in [7, 11) is 0. The summed E-state index contributed by atoms with van der Waals surface area (Å²) < 4.78 is 61.2. The number of halogens is 3. The van der Waals surface area contributed by atoms with Gasteiger partial charge in [-0.1, -0.05) is 69.5 Å². The molecule has 0 bridgehead atoms. The highest BCUT2D eigenvalue weighted by Crippen LogP contribution is 2.33. The molecule has 6 heteroatoms. The number of rotatable bonds is 11. The van der Waals surface area contributed by atoms with E-state index in [1.165, 1.54) is 18.2 Å². The minimum absolute atomic E-state index is 0.0809. The van der Waals surface area contributed by atoms with E-state index in [0.29, 0.717) is 36.5 Å². The van der Waals surface area contributed by atoms with E-state index in [4.69, 9.17) is 14.2 Å². The van der Waals surface area contributed by atoms with Gasteiger partial charge in [0.15, 0.2) is 17.9 Å². The van der Waals surface area contributed by atoms with Crippen LogP contribution in [0.15, 0.2) is 54.6 Å². The average Bonchev–Trinajstić information content (AvgIpc) is 2.92. The Bertz CT molecular complexity index is 1160. The lowest BCUT2D eigenvalue weighted by molar-refractivity contribution is -0.190. The molecule has 0 spiro atoms. The van der Waals surface area contributed by atoms with E-state index < -0.39 is 11.6 Å². The topological polar surface area (TPSA) is 27.7 Å². The summed E-state index contributed by atoms with van der Waals surface area (Å²) >= 11 is 0. The Morgan fingerprint density at radius 3 is 2.11 bits per heavy atom. The van der Waals surface area contributed by atoms with Crippen molar-refractivity contribution in [1.82, 2.24) is 0 Å². The molecule has 1 aliphatic heterocycles. The minimum Gasteiger partial charge on any atom is -0.490 e. The average molecular weight is 513 g/mol. The molecule has 0 aromatic heterocycles. The summed E-state index contributed by atoms with van der Waals surface area (Å²) in [5, 5.41) is 0. The van der Waals surface area contributed by atoms with Gasteiger partial charge < -0.3 is 14.2 Å². The standard InChI is InChI=1S/C31H35F3O3/c1-3-5-7-8-29-36-19-24(20-37-29)25-14-13-23(18-27(25)32)21-9-11-22(12-10-21)26-15-16-28(31(34)30(26)33)35-17-6-4-2/h9-16,18,24,29H,3-8,17,19-20H2,1-2H3. The number of benzene rings is 3. The molecule has 1 fully saturated rings. The third kappa shape index (κ3) is 6.74. The highest BCUT2D eigenvalue weighted by Gasteiger charge is 2.25. The Hall–Kier alpha value is -2.83. The third-order valence-corrected chi connectivity index (χ3v) is 6.78. The van der Waals surface area contributed by atoms with Crippen LogP contribution in [-0.2, 0) is 9.47 Å².